The molecule has 0 aromatic heterocycles. The van der Waals surface area contributed by atoms with Gasteiger partial charge in [0.15, 0.2) is 11.6 Å². The molecule has 0 unspecified atom stereocenters. The summed E-state index contributed by atoms with van der Waals surface area (Å²) >= 11 is 0. The van der Waals surface area contributed by atoms with Gasteiger partial charge in [0.2, 0.25) is 0 Å². The van der Waals surface area contributed by atoms with Crippen molar-refractivity contribution in [3.05, 3.63) is 23.8 Å². The predicted octanol–water partition coefficient (Wildman–Crippen LogP) is 2.04. The van der Waals surface area contributed by atoms with Crippen LogP contribution >= 0.6 is 0 Å². The maximum absolute atomic E-state index is 12.1. The summed E-state index contributed by atoms with van der Waals surface area (Å²) in [6.07, 6.45) is 0. The molecule has 0 bridgehead atoms. The van der Waals surface area contributed by atoms with Gasteiger partial charge >= 0.3 is 0 Å². The average Bonchev–Trinajstić information content (AvgIpc) is 2.59. The molecule has 0 amide bonds. The third-order valence-corrected chi connectivity index (χ3v) is 1.26. The molecule has 0 atom stereocenters. The first kappa shape index (κ1) is 8.64. The summed E-state index contributed by atoms with van der Waals surface area (Å²) in [6.45, 7) is 1.08. The van der Waals surface area contributed by atoms with Gasteiger partial charge in [-0.2, -0.15) is 0 Å². The SMILES string of the molecule is CC(=O)O.Fc1cc2cc-2c1F. The highest BCUT2D eigenvalue weighted by atomic mass is 19.2. The van der Waals surface area contributed by atoms with Gasteiger partial charge in [0, 0.05) is 12.5 Å². The van der Waals surface area contributed by atoms with Crippen molar-refractivity contribution in [1.82, 2.24) is 0 Å². The van der Waals surface area contributed by atoms with Crippen molar-refractivity contribution >= 4 is 5.97 Å². The van der Waals surface area contributed by atoms with E-state index in [9.17, 15) is 8.78 Å². The average molecular weight is 172 g/mol. The Morgan fingerprint density at radius 2 is 1.92 bits per heavy atom. The molecule has 0 aliphatic heterocycles. The van der Waals surface area contributed by atoms with E-state index < -0.39 is 17.6 Å². The zero-order valence-corrected chi connectivity index (χ0v) is 6.27. The summed E-state index contributed by atoms with van der Waals surface area (Å²) in [7, 11) is 0. The van der Waals surface area contributed by atoms with Crippen molar-refractivity contribution in [2.24, 2.45) is 0 Å². The molecule has 4 heteroatoms. The summed E-state index contributed by atoms with van der Waals surface area (Å²) < 4.78 is 24.1. The quantitative estimate of drug-likeness (QED) is 0.660. The molecule has 0 saturated carbocycles. The largest absolute Gasteiger partial charge is 0.481 e. The number of aliphatic carboxylic acids is 1. The Bertz CT molecular complexity index is 330. The van der Waals surface area contributed by atoms with Gasteiger partial charge in [0.1, 0.15) is 0 Å². The summed E-state index contributed by atoms with van der Waals surface area (Å²) in [4.78, 5) is 9.00. The van der Waals surface area contributed by atoms with E-state index in [0.29, 0.717) is 11.1 Å². The van der Waals surface area contributed by atoms with E-state index in [0.717, 1.165) is 6.92 Å². The fourth-order valence-corrected chi connectivity index (χ4v) is 0.757. The Morgan fingerprint density at radius 3 is 2.08 bits per heavy atom. The van der Waals surface area contributed by atoms with E-state index in [1.165, 1.54) is 6.07 Å². The van der Waals surface area contributed by atoms with Gasteiger partial charge in [0.25, 0.3) is 5.97 Å². The Morgan fingerprint density at radius 1 is 1.42 bits per heavy atom. The number of fused-ring (bicyclic) bond motifs is 1. The molecule has 1 N–H and O–H groups in total. The lowest BCUT2D eigenvalue weighted by atomic mass is 10.5. The Kier molecular flexibility index (Phi) is 2.08. The highest BCUT2D eigenvalue weighted by Crippen LogP contribution is 2.38. The molecule has 64 valence electrons. The fraction of sp³-hybridized carbons (Fsp3) is 0.125. The number of halogens is 2. The Hall–Kier alpha value is -1.45. The van der Waals surface area contributed by atoms with Crippen LogP contribution < -0.4 is 0 Å². The smallest absolute Gasteiger partial charge is 0.300 e. The molecular weight excluding hydrogens is 166 g/mol. The summed E-state index contributed by atoms with van der Waals surface area (Å²) in [6, 6.07) is 2.81. The van der Waals surface area contributed by atoms with Gasteiger partial charge < -0.3 is 5.11 Å². The molecular formula is C8H6F2O2. The minimum atomic E-state index is -0.833. The van der Waals surface area contributed by atoms with Crippen molar-refractivity contribution in [3.8, 4) is 11.1 Å². The van der Waals surface area contributed by atoms with Crippen molar-refractivity contribution in [2.45, 2.75) is 6.92 Å². The van der Waals surface area contributed by atoms with Crippen LogP contribution in [0, 0.1) is 11.6 Å². The Labute approximate surface area is 67.4 Å². The number of carboxylic acid groups (broad SMARTS) is 1. The molecule has 0 saturated heterocycles. The highest BCUT2D eigenvalue weighted by molar-refractivity contribution is 5.81. The molecule has 2 rings (SSSR count). The zero-order chi connectivity index (χ0) is 9.30. The third kappa shape index (κ3) is 1.78. The van der Waals surface area contributed by atoms with Crippen molar-refractivity contribution < 1.29 is 18.7 Å². The molecule has 2 aliphatic carbocycles. The van der Waals surface area contributed by atoms with E-state index >= 15 is 0 Å². The first-order valence-electron chi connectivity index (χ1n) is 3.21. The van der Waals surface area contributed by atoms with Gasteiger partial charge in [0.05, 0.1) is 0 Å². The lowest BCUT2D eigenvalue weighted by Crippen LogP contribution is -1.78. The third-order valence-electron chi connectivity index (χ3n) is 1.26. The molecule has 0 spiro atoms. The van der Waals surface area contributed by atoms with E-state index in [4.69, 9.17) is 9.90 Å². The molecule has 0 radical (unpaired) electrons. The second-order valence-electron chi connectivity index (χ2n) is 2.34. The van der Waals surface area contributed by atoms with Crippen molar-refractivity contribution in [2.75, 3.05) is 0 Å². The lowest BCUT2D eigenvalue weighted by molar-refractivity contribution is -0.134. The van der Waals surface area contributed by atoms with Gasteiger partial charge in [-0.1, -0.05) is 0 Å². The van der Waals surface area contributed by atoms with Gasteiger partial charge in [-0.05, 0) is 17.7 Å². The number of carbonyl (C=O) groups is 1. The van der Waals surface area contributed by atoms with Crippen LogP contribution in [0.15, 0.2) is 12.1 Å². The fourth-order valence-electron chi connectivity index (χ4n) is 0.757. The maximum atomic E-state index is 12.1. The molecule has 0 heterocycles. The standard InChI is InChI=1S/C6H2F2.C2H4O2/c7-5-2-3-1-4(3)6(5)8;1-2(3)4/h1-2H;1H3,(H,3,4). The van der Waals surface area contributed by atoms with E-state index in [-0.39, 0.29) is 0 Å². The van der Waals surface area contributed by atoms with Crippen LogP contribution in [0.25, 0.3) is 11.1 Å². The van der Waals surface area contributed by atoms with Crippen LogP contribution in [-0.2, 0) is 4.79 Å². The van der Waals surface area contributed by atoms with Crippen LogP contribution in [0.1, 0.15) is 6.92 Å². The van der Waals surface area contributed by atoms with Gasteiger partial charge in [-0.15, -0.1) is 0 Å². The minimum absolute atomic E-state index is 0.447. The van der Waals surface area contributed by atoms with Crippen LogP contribution in [0.4, 0.5) is 8.78 Å². The topological polar surface area (TPSA) is 37.3 Å². The predicted molar refractivity (Wildman–Crippen MR) is 38.7 cm³/mol. The second-order valence-corrected chi connectivity index (χ2v) is 2.34. The number of carboxylic acids is 1. The van der Waals surface area contributed by atoms with Crippen LogP contribution in [0.2, 0.25) is 0 Å². The van der Waals surface area contributed by atoms with E-state index in [2.05, 4.69) is 0 Å². The summed E-state index contributed by atoms with van der Waals surface area (Å²) in [5, 5.41) is 7.42. The van der Waals surface area contributed by atoms with Gasteiger partial charge in [-0.3, -0.25) is 4.79 Å². The summed E-state index contributed by atoms with van der Waals surface area (Å²) in [5.41, 5.74) is 1.16. The monoisotopic (exact) mass is 172 g/mol. The molecule has 0 fully saturated rings. The number of benzene rings is 1. The first-order valence-corrected chi connectivity index (χ1v) is 3.21. The highest BCUT2D eigenvalue weighted by Gasteiger charge is 2.22. The normalized spacial score (nSPS) is 9.92. The van der Waals surface area contributed by atoms with E-state index in [1.54, 1.807) is 6.07 Å². The summed E-state index contributed by atoms with van der Waals surface area (Å²) in [5.74, 6) is -2.25. The van der Waals surface area contributed by atoms with E-state index in [1.807, 2.05) is 0 Å². The number of rotatable bonds is 0. The lowest BCUT2D eigenvalue weighted by Gasteiger charge is -1.74. The maximum Gasteiger partial charge on any atom is 0.300 e. The van der Waals surface area contributed by atoms with Gasteiger partial charge in [-0.25, -0.2) is 8.78 Å². The first-order chi connectivity index (χ1) is 5.52. The van der Waals surface area contributed by atoms with Crippen LogP contribution in [0.5, 0.6) is 0 Å². The van der Waals surface area contributed by atoms with Crippen molar-refractivity contribution in [3.63, 3.8) is 0 Å². The molecule has 2 nitrogen and oxygen atoms in total. The molecule has 0 aromatic carbocycles. The van der Waals surface area contributed by atoms with Crippen LogP contribution in [0.3, 0.4) is 0 Å². The molecule has 12 heavy (non-hydrogen) atoms. The Balaban J connectivity index is 0.000000157. The van der Waals surface area contributed by atoms with Crippen molar-refractivity contribution in [1.29, 1.82) is 0 Å². The number of hydrogen-bond donors (Lipinski definition) is 1. The zero-order valence-electron chi connectivity index (χ0n) is 6.27. The molecule has 2 aliphatic rings. The number of hydrogen-bond acceptors (Lipinski definition) is 1. The minimum Gasteiger partial charge on any atom is -0.481 e. The molecule has 0 aromatic rings. The second kappa shape index (κ2) is 2.89. The van der Waals surface area contributed by atoms with Crippen LogP contribution in [-0.4, -0.2) is 11.1 Å².